The van der Waals surface area contributed by atoms with E-state index in [9.17, 15) is 4.79 Å². The zero-order valence-electron chi connectivity index (χ0n) is 11.3. The first-order valence-corrected chi connectivity index (χ1v) is 6.11. The van der Waals surface area contributed by atoms with E-state index in [2.05, 4.69) is 10.6 Å². The number of carbonyl (C=O) groups is 1. The molecule has 0 radical (unpaired) electrons. The number of carbonyl (C=O) groups excluding carboxylic acids is 1. The van der Waals surface area contributed by atoms with Crippen molar-refractivity contribution in [2.24, 2.45) is 5.41 Å². The summed E-state index contributed by atoms with van der Waals surface area (Å²) in [6, 6.07) is 7.67. The van der Waals surface area contributed by atoms with Crippen LogP contribution < -0.4 is 10.6 Å². The Hall–Kier alpha value is -1.39. The quantitative estimate of drug-likeness (QED) is 0.717. The second-order valence-corrected chi connectivity index (χ2v) is 5.34. The van der Waals surface area contributed by atoms with Crippen LogP contribution in [0.25, 0.3) is 0 Å². The highest BCUT2D eigenvalue weighted by molar-refractivity contribution is 5.92. The van der Waals surface area contributed by atoms with E-state index in [0.29, 0.717) is 6.54 Å². The van der Waals surface area contributed by atoms with E-state index in [4.69, 9.17) is 5.11 Å². The summed E-state index contributed by atoms with van der Waals surface area (Å²) in [4.78, 5) is 11.6. The first-order chi connectivity index (χ1) is 8.43. The van der Waals surface area contributed by atoms with Crippen LogP contribution in [0.4, 0.5) is 5.69 Å². The van der Waals surface area contributed by atoms with E-state index in [0.717, 1.165) is 11.3 Å². The van der Waals surface area contributed by atoms with Crippen molar-refractivity contribution in [3.8, 4) is 0 Å². The molecule has 4 nitrogen and oxygen atoms in total. The van der Waals surface area contributed by atoms with E-state index in [-0.39, 0.29) is 24.5 Å². The van der Waals surface area contributed by atoms with Crippen molar-refractivity contribution in [1.82, 2.24) is 5.32 Å². The van der Waals surface area contributed by atoms with Crippen LogP contribution >= 0.6 is 0 Å². The molecule has 0 fully saturated rings. The SMILES string of the molecule is Cc1ccc(NC(=O)CNCC(C)(C)CO)cc1. The van der Waals surface area contributed by atoms with Gasteiger partial charge in [0.15, 0.2) is 0 Å². The molecule has 1 rings (SSSR count). The molecule has 0 aromatic heterocycles. The summed E-state index contributed by atoms with van der Waals surface area (Å²) in [5.74, 6) is -0.0763. The van der Waals surface area contributed by atoms with E-state index >= 15 is 0 Å². The molecule has 18 heavy (non-hydrogen) atoms. The number of hydrogen-bond acceptors (Lipinski definition) is 3. The lowest BCUT2D eigenvalue weighted by atomic mass is 9.95. The first kappa shape index (κ1) is 14.7. The minimum atomic E-state index is -0.204. The third kappa shape index (κ3) is 5.29. The van der Waals surface area contributed by atoms with Gasteiger partial charge in [-0.25, -0.2) is 0 Å². The van der Waals surface area contributed by atoms with Crippen LogP contribution in [0.5, 0.6) is 0 Å². The number of amides is 1. The monoisotopic (exact) mass is 250 g/mol. The molecule has 0 aliphatic rings. The normalized spacial score (nSPS) is 11.3. The summed E-state index contributed by atoms with van der Waals surface area (Å²) in [6.45, 7) is 6.83. The second kappa shape index (κ2) is 6.52. The van der Waals surface area contributed by atoms with Gasteiger partial charge in [-0.3, -0.25) is 4.79 Å². The van der Waals surface area contributed by atoms with Crippen molar-refractivity contribution in [1.29, 1.82) is 0 Å². The summed E-state index contributed by atoms with van der Waals surface area (Å²) >= 11 is 0. The predicted molar refractivity (Wildman–Crippen MR) is 73.5 cm³/mol. The molecule has 1 amide bonds. The fourth-order valence-corrected chi connectivity index (χ4v) is 1.41. The molecule has 1 aromatic rings. The molecule has 3 N–H and O–H groups in total. The molecular formula is C14H22N2O2. The van der Waals surface area contributed by atoms with Gasteiger partial charge in [-0.05, 0) is 19.1 Å². The highest BCUT2D eigenvalue weighted by atomic mass is 16.3. The Balaban J connectivity index is 2.32. The fourth-order valence-electron chi connectivity index (χ4n) is 1.41. The van der Waals surface area contributed by atoms with E-state index in [1.807, 2.05) is 45.0 Å². The van der Waals surface area contributed by atoms with Crippen molar-refractivity contribution < 1.29 is 9.90 Å². The molecule has 0 heterocycles. The number of nitrogens with one attached hydrogen (secondary N) is 2. The number of hydrogen-bond donors (Lipinski definition) is 3. The van der Waals surface area contributed by atoms with Crippen LogP contribution in [-0.4, -0.2) is 30.7 Å². The summed E-state index contributed by atoms with van der Waals surface area (Å²) in [5.41, 5.74) is 1.76. The van der Waals surface area contributed by atoms with Crippen LogP contribution in [0.1, 0.15) is 19.4 Å². The van der Waals surface area contributed by atoms with Gasteiger partial charge in [0.2, 0.25) is 5.91 Å². The number of benzene rings is 1. The number of anilines is 1. The molecule has 0 saturated carbocycles. The highest BCUT2D eigenvalue weighted by Gasteiger charge is 2.16. The number of aliphatic hydroxyl groups is 1. The Labute approximate surface area is 108 Å². The number of aryl methyl sites for hydroxylation is 1. The molecule has 0 spiro atoms. The number of aliphatic hydroxyl groups excluding tert-OH is 1. The minimum absolute atomic E-state index is 0.0763. The zero-order valence-corrected chi connectivity index (χ0v) is 11.3. The van der Waals surface area contributed by atoms with Crippen LogP contribution in [0, 0.1) is 12.3 Å². The fraction of sp³-hybridized carbons (Fsp3) is 0.500. The van der Waals surface area contributed by atoms with Gasteiger partial charge in [-0.2, -0.15) is 0 Å². The molecule has 1 aromatic carbocycles. The van der Waals surface area contributed by atoms with Crippen LogP contribution in [0.15, 0.2) is 24.3 Å². The van der Waals surface area contributed by atoms with Gasteiger partial charge in [0.1, 0.15) is 0 Å². The minimum Gasteiger partial charge on any atom is -0.396 e. The Bertz CT molecular complexity index is 385. The molecule has 0 aliphatic heterocycles. The predicted octanol–water partition coefficient (Wildman–Crippen LogP) is 1.54. The lowest BCUT2D eigenvalue weighted by molar-refractivity contribution is -0.115. The van der Waals surface area contributed by atoms with Crippen molar-refractivity contribution in [2.75, 3.05) is 25.0 Å². The molecule has 100 valence electrons. The van der Waals surface area contributed by atoms with Crippen molar-refractivity contribution in [3.05, 3.63) is 29.8 Å². The summed E-state index contributed by atoms with van der Waals surface area (Å²) < 4.78 is 0. The van der Waals surface area contributed by atoms with Crippen LogP contribution in [0.2, 0.25) is 0 Å². The van der Waals surface area contributed by atoms with E-state index < -0.39 is 0 Å². The molecular weight excluding hydrogens is 228 g/mol. The average molecular weight is 250 g/mol. The van der Waals surface area contributed by atoms with Gasteiger partial charge in [-0.15, -0.1) is 0 Å². The molecule has 0 unspecified atom stereocenters. The van der Waals surface area contributed by atoms with E-state index in [1.54, 1.807) is 0 Å². The lowest BCUT2D eigenvalue weighted by Crippen LogP contribution is -2.36. The molecule has 0 bridgehead atoms. The maximum Gasteiger partial charge on any atom is 0.238 e. The summed E-state index contributed by atoms with van der Waals surface area (Å²) in [6.07, 6.45) is 0. The Morgan fingerprint density at radius 2 is 1.89 bits per heavy atom. The Morgan fingerprint density at radius 3 is 2.44 bits per heavy atom. The number of rotatable bonds is 6. The summed E-state index contributed by atoms with van der Waals surface area (Å²) in [5, 5.41) is 14.9. The third-order valence-corrected chi connectivity index (χ3v) is 2.65. The zero-order chi connectivity index (χ0) is 13.6. The molecule has 4 heteroatoms. The molecule has 0 atom stereocenters. The Morgan fingerprint density at radius 1 is 1.28 bits per heavy atom. The summed E-state index contributed by atoms with van der Waals surface area (Å²) in [7, 11) is 0. The largest absolute Gasteiger partial charge is 0.396 e. The third-order valence-electron chi connectivity index (χ3n) is 2.65. The maximum atomic E-state index is 11.6. The molecule has 0 saturated heterocycles. The lowest BCUT2D eigenvalue weighted by Gasteiger charge is -2.21. The van der Waals surface area contributed by atoms with Gasteiger partial charge in [-0.1, -0.05) is 31.5 Å². The smallest absolute Gasteiger partial charge is 0.238 e. The average Bonchev–Trinajstić information content (AvgIpc) is 2.32. The second-order valence-electron chi connectivity index (χ2n) is 5.34. The first-order valence-electron chi connectivity index (χ1n) is 6.11. The van der Waals surface area contributed by atoms with Gasteiger partial charge in [0.05, 0.1) is 6.54 Å². The van der Waals surface area contributed by atoms with Gasteiger partial charge in [0.25, 0.3) is 0 Å². The van der Waals surface area contributed by atoms with Crippen molar-refractivity contribution in [2.45, 2.75) is 20.8 Å². The van der Waals surface area contributed by atoms with Gasteiger partial charge < -0.3 is 15.7 Å². The molecule has 0 aliphatic carbocycles. The van der Waals surface area contributed by atoms with Crippen molar-refractivity contribution in [3.63, 3.8) is 0 Å². The standard InChI is InChI=1S/C14H22N2O2/c1-11-4-6-12(7-5-11)16-13(18)8-15-9-14(2,3)10-17/h4-7,15,17H,8-10H2,1-3H3,(H,16,18). The van der Waals surface area contributed by atoms with Gasteiger partial charge >= 0.3 is 0 Å². The highest BCUT2D eigenvalue weighted by Crippen LogP contribution is 2.11. The topological polar surface area (TPSA) is 61.4 Å². The van der Waals surface area contributed by atoms with Crippen LogP contribution in [0.3, 0.4) is 0 Å². The van der Waals surface area contributed by atoms with E-state index in [1.165, 1.54) is 0 Å². The van der Waals surface area contributed by atoms with Crippen LogP contribution in [-0.2, 0) is 4.79 Å². The maximum absolute atomic E-state index is 11.6. The van der Waals surface area contributed by atoms with Gasteiger partial charge in [0, 0.05) is 24.3 Å². The van der Waals surface area contributed by atoms with Crippen molar-refractivity contribution >= 4 is 11.6 Å². The Kier molecular flexibility index (Phi) is 5.31.